The normalized spacial score (nSPS) is 11.3. The molecular weight excluding hydrogens is 508 g/mol. The number of hydrogen-bond donors (Lipinski definition) is 2. The zero-order valence-corrected chi connectivity index (χ0v) is 22.0. The minimum atomic E-state index is -3.02. The van der Waals surface area contributed by atoms with E-state index in [0.29, 0.717) is 23.4 Å². The van der Waals surface area contributed by atoms with Gasteiger partial charge in [0.05, 0.1) is 12.5 Å². The SMILES string of the molecule is CNCc1cc(OC)cc(-c2cnc3nc(-c4cccc(OC(F)F)c4)n(CC(=O)NC(C)C)c(=O)c3c2)c1. The Balaban J connectivity index is 1.89. The van der Waals surface area contributed by atoms with Gasteiger partial charge >= 0.3 is 6.61 Å². The lowest BCUT2D eigenvalue weighted by Gasteiger charge is -2.16. The van der Waals surface area contributed by atoms with Crippen molar-refractivity contribution in [2.45, 2.75) is 39.6 Å². The summed E-state index contributed by atoms with van der Waals surface area (Å²) in [5, 5.41) is 6.07. The number of alkyl halides is 2. The van der Waals surface area contributed by atoms with E-state index < -0.39 is 18.1 Å². The molecule has 0 unspecified atom stereocenters. The summed E-state index contributed by atoms with van der Waals surface area (Å²) in [5.74, 6) is 0.251. The van der Waals surface area contributed by atoms with E-state index in [0.717, 1.165) is 11.1 Å². The standard InChI is InChI=1S/C28H29F2N5O4/c1-16(2)33-24(36)15-35-26(18-6-5-7-21(10-18)39-28(29)30)34-25-23(27(35)37)12-20(14-32-25)19-8-17(13-31-3)9-22(11-19)38-4/h5-12,14,16,28,31H,13,15H2,1-4H3,(H,33,36). The summed E-state index contributed by atoms with van der Waals surface area (Å²) in [4.78, 5) is 35.5. The molecule has 11 heteroatoms. The van der Waals surface area contributed by atoms with Crippen molar-refractivity contribution in [3.05, 3.63) is 70.6 Å². The van der Waals surface area contributed by atoms with E-state index in [-0.39, 0.29) is 35.2 Å². The molecule has 9 nitrogen and oxygen atoms in total. The highest BCUT2D eigenvalue weighted by Gasteiger charge is 2.19. The monoisotopic (exact) mass is 537 g/mol. The second-order valence-corrected chi connectivity index (χ2v) is 9.15. The maximum absolute atomic E-state index is 13.8. The van der Waals surface area contributed by atoms with Gasteiger partial charge in [0.1, 0.15) is 23.9 Å². The van der Waals surface area contributed by atoms with Crippen molar-refractivity contribution in [1.29, 1.82) is 0 Å². The van der Waals surface area contributed by atoms with Gasteiger partial charge in [0.2, 0.25) is 5.91 Å². The van der Waals surface area contributed by atoms with Crippen molar-refractivity contribution in [2.24, 2.45) is 0 Å². The molecule has 4 aromatic rings. The van der Waals surface area contributed by atoms with Gasteiger partial charge < -0.3 is 20.1 Å². The molecule has 4 rings (SSSR count). The van der Waals surface area contributed by atoms with Gasteiger partial charge in [0.25, 0.3) is 5.56 Å². The van der Waals surface area contributed by atoms with E-state index in [1.54, 1.807) is 39.3 Å². The van der Waals surface area contributed by atoms with Crippen LogP contribution in [0.4, 0.5) is 8.78 Å². The first-order chi connectivity index (χ1) is 18.7. The van der Waals surface area contributed by atoms with Crippen LogP contribution in [0.1, 0.15) is 19.4 Å². The molecule has 2 N–H and O–H groups in total. The van der Waals surface area contributed by atoms with E-state index in [2.05, 4.69) is 25.3 Å². The molecule has 2 aromatic heterocycles. The molecule has 204 valence electrons. The highest BCUT2D eigenvalue weighted by atomic mass is 19.3. The number of aromatic nitrogens is 3. The van der Waals surface area contributed by atoms with E-state index in [4.69, 9.17) is 4.74 Å². The molecule has 0 radical (unpaired) electrons. The van der Waals surface area contributed by atoms with Crippen LogP contribution in [0.5, 0.6) is 11.5 Å². The minimum Gasteiger partial charge on any atom is -0.497 e. The Morgan fingerprint density at radius 1 is 1.05 bits per heavy atom. The third-order valence-corrected chi connectivity index (χ3v) is 5.79. The molecule has 0 aliphatic carbocycles. The molecule has 0 aliphatic heterocycles. The second kappa shape index (κ2) is 12.0. The third kappa shape index (κ3) is 6.55. The van der Waals surface area contributed by atoms with E-state index in [1.807, 2.05) is 25.2 Å². The predicted octanol–water partition coefficient (Wildman–Crippen LogP) is 3.98. The van der Waals surface area contributed by atoms with Crippen LogP contribution >= 0.6 is 0 Å². The van der Waals surface area contributed by atoms with Crippen molar-refractivity contribution in [3.8, 4) is 34.0 Å². The van der Waals surface area contributed by atoms with Gasteiger partial charge in [-0.3, -0.25) is 14.2 Å². The van der Waals surface area contributed by atoms with Crippen LogP contribution in [0.15, 0.2) is 59.5 Å². The van der Waals surface area contributed by atoms with Gasteiger partial charge in [-0.25, -0.2) is 9.97 Å². The summed E-state index contributed by atoms with van der Waals surface area (Å²) in [6.45, 7) is 0.873. The number of ether oxygens (including phenoxy) is 2. The van der Waals surface area contributed by atoms with E-state index >= 15 is 0 Å². The number of carbonyl (C=O) groups is 1. The number of benzene rings is 2. The number of nitrogens with one attached hydrogen (secondary N) is 2. The molecule has 0 aliphatic rings. The molecule has 0 atom stereocenters. The number of nitrogens with zero attached hydrogens (tertiary/aromatic N) is 3. The zero-order valence-electron chi connectivity index (χ0n) is 22.0. The Hall–Kier alpha value is -4.38. The predicted molar refractivity (Wildman–Crippen MR) is 144 cm³/mol. The fourth-order valence-corrected chi connectivity index (χ4v) is 4.21. The number of fused-ring (bicyclic) bond motifs is 1. The average Bonchev–Trinajstić information content (AvgIpc) is 2.89. The second-order valence-electron chi connectivity index (χ2n) is 9.15. The van der Waals surface area contributed by atoms with Gasteiger partial charge in [0.15, 0.2) is 5.65 Å². The Morgan fingerprint density at radius 3 is 2.51 bits per heavy atom. The highest BCUT2D eigenvalue weighted by molar-refractivity contribution is 5.83. The Labute approximate surface area is 223 Å². The average molecular weight is 538 g/mol. The van der Waals surface area contributed by atoms with Crippen molar-refractivity contribution in [2.75, 3.05) is 14.2 Å². The van der Waals surface area contributed by atoms with Gasteiger partial charge in [-0.05, 0) is 68.4 Å². The van der Waals surface area contributed by atoms with E-state index in [1.165, 1.54) is 22.8 Å². The molecule has 2 heterocycles. The molecule has 2 aromatic carbocycles. The number of hydrogen-bond acceptors (Lipinski definition) is 7. The third-order valence-electron chi connectivity index (χ3n) is 5.79. The lowest BCUT2D eigenvalue weighted by Crippen LogP contribution is -2.37. The van der Waals surface area contributed by atoms with Crippen LogP contribution in [-0.4, -0.2) is 47.3 Å². The largest absolute Gasteiger partial charge is 0.497 e. The smallest absolute Gasteiger partial charge is 0.387 e. The maximum Gasteiger partial charge on any atom is 0.387 e. The van der Waals surface area contributed by atoms with Crippen LogP contribution in [0, 0.1) is 0 Å². The number of rotatable bonds is 10. The maximum atomic E-state index is 13.8. The Bertz CT molecular complexity index is 1560. The van der Waals surface area contributed by atoms with Crippen molar-refractivity contribution >= 4 is 16.9 Å². The summed E-state index contributed by atoms with van der Waals surface area (Å²) in [6, 6.07) is 13.0. The summed E-state index contributed by atoms with van der Waals surface area (Å²) in [7, 11) is 3.42. The van der Waals surface area contributed by atoms with E-state index in [9.17, 15) is 18.4 Å². The quantitative estimate of drug-likeness (QED) is 0.315. The first kappa shape index (κ1) is 27.6. The zero-order chi connectivity index (χ0) is 28.1. The first-order valence-corrected chi connectivity index (χ1v) is 12.3. The van der Waals surface area contributed by atoms with Gasteiger partial charge in [-0.1, -0.05) is 12.1 Å². The molecule has 0 fully saturated rings. The van der Waals surface area contributed by atoms with Gasteiger partial charge in [-0.2, -0.15) is 8.78 Å². The van der Waals surface area contributed by atoms with Crippen LogP contribution in [0.25, 0.3) is 33.5 Å². The first-order valence-electron chi connectivity index (χ1n) is 12.3. The summed E-state index contributed by atoms with van der Waals surface area (Å²) >= 11 is 0. The van der Waals surface area contributed by atoms with Crippen molar-refractivity contribution in [1.82, 2.24) is 25.2 Å². The fraction of sp³-hybridized carbons (Fsp3) is 0.286. The van der Waals surface area contributed by atoms with Gasteiger partial charge in [0, 0.05) is 29.9 Å². The topological polar surface area (TPSA) is 107 Å². The van der Waals surface area contributed by atoms with Gasteiger partial charge in [-0.15, -0.1) is 0 Å². The molecule has 0 bridgehead atoms. The Morgan fingerprint density at radius 2 is 1.82 bits per heavy atom. The van der Waals surface area contributed by atoms with Crippen LogP contribution in [-0.2, 0) is 17.9 Å². The minimum absolute atomic E-state index is 0.101. The number of carbonyl (C=O) groups excluding carboxylic acids is 1. The fourth-order valence-electron chi connectivity index (χ4n) is 4.21. The lowest BCUT2D eigenvalue weighted by molar-refractivity contribution is -0.122. The highest BCUT2D eigenvalue weighted by Crippen LogP contribution is 2.28. The summed E-state index contributed by atoms with van der Waals surface area (Å²) in [5.41, 5.74) is 2.41. The molecular formula is C28H29F2N5O4. The summed E-state index contributed by atoms with van der Waals surface area (Å²) in [6.07, 6.45) is 1.60. The van der Waals surface area contributed by atoms with Crippen LogP contribution in [0.3, 0.4) is 0 Å². The Kier molecular flexibility index (Phi) is 8.50. The summed E-state index contributed by atoms with van der Waals surface area (Å²) < 4.78 is 36.8. The number of pyridine rings is 1. The van der Waals surface area contributed by atoms with Crippen LogP contribution in [0.2, 0.25) is 0 Å². The number of halogens is 2. The molecule has 1 amide bonds. The van der Waals surface area contributed by atoms with Crippen molar-refractivity contribution in [3.63, 3.8) is 0 Å². The molecule has 0 saturated carbocycles. The number of methoxy groups -OCH3 is 1. The molecule has 39 heavy (non-hydrogen) atoms. The molecule has 0 spiro atoms. The molecule has 0 saturated heterocycles. The number of amides is 1. The van der Waals surface area contributed by atoms with Crippen molar-refractivity contribution < 1.29 is 23.0 Å². The lowest BCUT2D eigenvalue weighted by atomic mass is 10.0. The van der Waals surface area contributed by atoms with Crippen LogP contribution < -0.4 is 25.7 Å².